The molecule has 0 aromatic heterocycles. The quantitative estimate of drug-likeness (QED) is 0.485. The molecule has 0 spiro atoms. The molecule has 4 N–H and O–H groups in total. The van der Waals surface area contributed by atoms with Crippen molar-refractivity contribution in [1.82, 2.24) is 10.7 Å². The number of para-hydroxylation sites is 1. The van der Waals surface area contributed by atoms with Gasteiger partial charge in [0.05, 0.1) is 12.3 Å². The first-order valence-electron chi connectivity index (χ1n) is 9.68. The van der Waals surface area contributed by atoms with Crippen LogP contribution in [0.15, 0.2) is 48.5 Å². The fraction of sp³-hybridized carbons (Fsp3) is 0.364. The number of phenols is 1. The number of nitrogens with zero attached hydrogens (tertiary/aromatic N) is 1. The third kappa shape index (κ3) is 6.04. The minimum atomic E-state index is -0.782. The predicted octanol–water partition coefficient (Wildman–Crippen LogP) is 2.38. The van der Waals surface area contributed by atoms with Crippen LogP contribution in [0.5, 0.6) is 5.75 Å². The van der Waals surface area contributed by atoms with Crippen molar-refractivity contribution in [3.63, 3.8) is 0 Å². The van der Waals surface area contributed by atoms with Gasteiger partial charge in [-0.2, -0.15) is 0 Å². The Bertz CT molecular complexity index is 824. The van der Waals surface area contributed by atoms with Gasteiger partial charge in [0.1, 0.15) is 11.8 Å². The summed E-state index contributed by atoms with van der Waals surface area (Å²) >= 11 is 0. The Balaban J connectivity index is 2.30. The van der Waals surface area contributed by atoms with E-state index in [4.69, 9.17) is 0 Å². The second-order valence-electron chi connectivity index (χ2n) is 7.25. The molecule has 0 heterocycles. The standard InChI is InChI=1S/C22H29N3O4/c1-15(2)14-19(24-21(28)18-10-7-11-20(27)16(18)3)22(29)25(23-12-13-26)17-8-5-4-6-9-17/h4-11,15,19,23,26-27H,12-14H2,1-3H3,(H,24,28)/t19-/m0/s1. The predicted molar refractivity (Wildman–Crippen MR) is 113 cm³/mol. The maximum Gasteiger partial charge on any atom is 0.263 e. The van der Waals surface area contributed by atoms with Gasteiger partial charge in [0, 0.05) is 17.7 Å². The van der Waals surface area contributed by atoms with Gasteiger partial charge in [-0.05, 0) is 43.5 Å². The first-order chi connectivity index (χ1) is 13.8. The number of carbonyl (C=O) groups is 2. The van der Waals surface area contributed by atoms with E-state index in [1.54, 1.807) is 31.2 Å². The van der Waals surface area contributed by atoms with Crippen molar-refractivity contribution in [2.45, 2.75) is 33.2 Å². The van der Waals surface area contributed by atoms with Gasteiger partial charge in [0.2, 0.25) is 0 Å². The summed E-state index contributed by atoms with van der Waals surface area (Å²) < 4.78 is 0. The first kappa shape index (κ1) is 22.4. The summed E-state index contributed by atoms with van der Waals surface area (Å²) in [7, 11) is 0. The normalized spacial score (nSPS) is 11.9. The molecule has 0 fully saturated rings. The molecule has 156 valence electrons. The van der Waals surface area contributed by atoms with Crippen LogP contribution in [0.1, 0.15) is 36.2 Å². The number of aliphatic hydroxyl groups excluding tert-OH is 1. The first-order valence-corrected chi connectivity index (χ1v) is 9.68. The number of hydrogen-bond acceptors (Lipinski definition) is 5. The summed E-state index contributed by atoms with van der Waals surface area (Å²) in [5, 5.41) is 23.2. The van der Waals surface area contributed by atoms with Crippen LogP contribution < -0.4 is 15.8 Å². The molecule has 0 saturated carbocycles. The number of phenolic OH excluding ortho intramolecular Hbond substituents is 1. The molecule has 2 amide bonds. The lowest BCUT2D eigenvalue weighted by atomic mass is 10.0. The molecule has 0 unspecified atom stereocenters. The largest absolute Gasteiger partial charge is 0.508 e. The molecule has 7 heteroatoms. The number of hydrazine groups is 1. The highest BCUT2D eigenvalue weighted by molar-refractivity contribution is 6.02. The molecule has 0 bridgehead atoms. The maximum absolute atomic E-state index is 13.3. The number of rotatable bonds is 9. The zero-order chi connectivity index (χ0) is 21.4. The van der Waals surface area contributed by atoms with Crippen LogP contribution in [-0.2, 0) is 4.79 Å². The van der Waals surface area contributed by atoms with Crippen LogP contribution in [0.3, 0.4) is 0 Å². The van der Waals surface area contributed by atoms with Crippen LogP contribution >= 0.6 is 0 Å². The molecule has 0 aliphatic rings. The Morgan fingerprint density at radius 2 is 1.76 bits per heavy atom. The maximum atomic E-state index is 13.3. The van der Waals surface area contributed by atoms with Crippen molar-refractivity contribution in [3.8, 4) is 5.75 Å². The van der Waals surface area contributed by atoms with Crippen LogP contribution in [-0.4, -0.2) is 41.2 Å². The van der Waals surface area contributed by atoms with Crippen LogP contribution in [0, 0.1) is 12.8 Å². The Hall–Kier alpha value is -2.90. The second kappa shape index (κ2) is 10.6. The molecule has 29 heavy (non-hydrogen) atoms. The Labute approximate surface area is 171 Å². The molecule has 0 radical (unpaired) electrons. The number of aliphatic hydroxyl groups is 1. The van der Waals surface area contributed by atoms with E-state index in [-0.39, 0.29) is 30.7 Å². The summed E-state index contributed by atoms with van der Waals surface area (Å²) in [4.78, 5) is 26.2. The zero-order valence-electron chi connectivity index (χ0n) is 17.1. The van der Waals surface area contributed by atoms with Crippen molar-refractivity contribution in [2.24, 2.45) is 5.92 Å². The lowest BCUT2D eigenvalue weighted by Crippen LogP contribution is -2.54. The summed E-state index contributed by atoms with van der Waals surface area (Å²) in [6, 6.07) is 12.9. The van der Waals surface area contributed by atoms with Crippen molar-refractivity contribution in [1.29, 1.82) is 0 Å². The highest BCUT2D eigenvalue weighted by Crippen LogP contribution is 2.20. The van der Waals surface area contributed by atoms with Crippen LogP contribution in [0.4, 0.5) is 5.69 Å². The average Bonchev–Trinajstić information content (AvgIpc) is 2.70. The lowest BCUT2D eigenvalue weighted by molar-refractivity contribution is -0.121. The monoisotopic (exact) mass is 399 g/mol. The third-order valence-corrected chi connectivity index (χ3v) is 4.48. The number of hydrogen-bond donors (Lipinski definition) is 4. The van der Waals surface area contributed by atoms with Gasteiger partial charge < -0.3 is 15.5 Å². The molecular weight excluding hydrogens is 370 g/mol. The molecule has 2 aromatic carbocycles. The number of anilines is 1. The molecule has 0 aliphatic heterocycles. The van der Waals surface area contributed by atoms with Gasteiger partial charge in [0.25, 0.3) is 11.8 Å². The van der Waals surface area contributed by atoms with E-state index < -0.39 is 11.9 Å². The molecule has 0 saturated heterocycles. The van der Waals surface area contributed by atoms with Gasteiger partial charge in [-0.25, -0.2) is 10.4 Å². The smallest absolute Gasteiger partial charge is 0.263 e. The zero-order valence-corrected chi connectivity index (χ0v) is 17.1. The van der Waals surface area contributed by atoms with Crippen LogP contribution in [0.2, 0.25) is 0 Å². The number of amides is 2. The van der Waals surface area contributed by atoms with Gasteiger partial charge in [-0.1, -0.05) is 38.1 Å². The van der Waals surface area contributed by atoms with E-state index in [1.165, 1.54) is 11.1 Å². The van der Waals surface area contributed by atoms with Gasteiger partial charge in [0.15, 0.2) is 0 Å². The average molecular weight is 399 g/mol. The van der Waals surface area contributed by atoms with E-state index in [2.05, 4.69) is 10.7 Å². The Kier molecular flexibility index (Phi) is 8.18. The van der Waals surface area contributed by atoms with Gasteiger partial charge in [-0.15, -0.1) is 0 Å². The van der Waals surface area contributed by atoms with E-state index in [0.717, 1.165) is 0 Å². The molecule has 0 aliphatic carbocycles. The van der Waals surface area contributed by atoms with Crippen molar-refractivity contribution in [3.05, 3.63) is 59.7 Å². The minimum Gasteiger partial charge on any atom is -0.508 e. The molecule has 1 atom stereocenters. The highest BCUT2D eigenvalue weighted by atomic mass is 16.3. The third-order valence-electron chi connectivity index (χ3n) is 4.48. The molecule has 2 rings (SSSR count). The number of nitrogens with one attached hydrogen (secondary N) is 2. The van der Waals surface area contributed by atoms with E-state index in [1.807, 2.05) is 32.0 Å². The number of carbonyl (C=O) groups excluding carboxylic acids is 2. The summed E-state index contributed by atoms with van der Waals surface area (Å²) in [5.74, 6) is -0.568. The highest BCUT2D eigenvalue weighted by Gasteiger charge is 2.28. The number of aromatic hydroxyl groups is 1. The van der Waals surface area contributed by atoms with Gasteiger partial charge >= 0.3 is 0 Å². The Morgan fingerprint density at radius 3 is 2.38 bits per heavy atom. The van der Waals surface area contributed by atoms with Crippen molar-refractivity contribution in [2.75, 3.05) is 18.2 Å². The van der Waals surface area contributed by atoms with Crippen molar-refractivity contribution < 1.29 is 19.8 Å². The second-order valence-corrected chi connectivity index (χ2v) is 7.25. The SMILES string of the molecule is Cc1c(O)cccc1C(=O)N[C@@H](CC(C)C)C(=O)N(NCCO)c1ccccc1. The fourth-order valence-electron chi connectivity index (χ4n) is 2.99. The minimum absolute atomic E-state index is 0.0277. The lowest BCUT2D eigenvalue weighted by Gasteiger charge is -2.29. The van der Waals surface area contributed by atoms with E-state index in [9.17, 15) is 19.8 Å². The Morgan fingerprint density at radius 1 is 1.07 bits per heavy atom. The van der Waals surface area contributed by atoms with Crippen molar-refractivity contribution >= 4 is 17.5 Å². The topological polar surface area (TPSA) is 102 Å². The summed E-state index contributed by atoms with van der Waals surface area (Å²) in [5.41, 5.74) is 4.31. The summed E-state index contributed by atoms with van der Waals surface area (Å²) in [6.45, 7) is 5.65. The van der Waals surface area contributed by atoms with Gasteiger partial charge in [-0.3, -0.25) is 9.59 Å². The van der Waals surface area contributed by atoms with E-state index >= 15 is 0 Å². The molecule has 7 nitrogen and oxygen atoms in total. The molecule has 2 aromatic rings. The fourth-order valence-corrected chi connectivity index (χ4v) is 2.99. The number of benzene rings is 2. The van der Waals surface area contributed by atoms with E-state index in [0.29, 0.717) is 23.2 Å². The summed E-state index contributed by atoms with van der Waals surface area (Å²) in [6.07, 6.45) is 0.437. The molecular formula is C22H29N3O4. The van der Waals surface area contributed by atoms with Crippen LogP contribution in [0.25, 0.3) is 0 Å².